The van der Waals surface area contributed by atoms with E-state index in [9.17, 15) is 5.11 Å². The second kappa shape index (κ2) is 4.15. The molecule has 0 heterocycles. The number of rotatable bonds is 3. The molecule has 1 atom stereocenters. The van der Waals surface area contributed by atoms with Crippen LogP contribution < -0.4 is 4.74 Å². The molecule has 0 saturated heterocycles. The van der Waals surface area contributed by atoms with E-state index in [0.29, 0.717) is 5.75 Å². The van der Waals surface area contributed by atoms with Gasteiger partial charge >= 0.3 is 0 Å². The van der Waals surface area contributed by atoms with E-state index in [1.807, 2.05) is 36.4 Å². The van der Waals surface area contributed by atoms with Crippen LogP contribution in [-0.4, -0.2) is 6.29 Å². The van der Waals surface area contributed by atoms with Crippen molar-refractivity contribution in [1.82, 2.24) is 0 Å². The lowest BCUT2D eigenvalue weighted by Gasteiger charge is -2.10. The van der Waals surface area contributed by atoms with Crippen molar-refractivity contribution in [2.24, 2.45) is 0 Å². The quantitative estimate of drug-likeness (QED) is 0.551. The number of benzene rings is 2. The third-order valence-corrected chi connectivity index (χ3v) is 2.19. The fraction of sp³-hybridized carbons (Fsp3) is 0.0769. The maximum Gasteiger partial charge on any atom is 0.249 e. The second-order valence-corrected chi connectivity index (χ2v) is 3.20. The Balaban J connectivity index is 2.46. The first kappa shape index (κ1) is 9.74. The molecule has 0 bridgehead atoms. The zero-order valence-corrected chi connectivity index (χ0v) is 8.22. The number of hydrogen-bond donors (Lipinski definition) is 0. The lowest BCUT2D eigenvalue weighted by atomic mass is 10.1. The molecule has 0 aliphatic heterocycles. The fourth-order valence-corrected chi connectivity index (χ4v) is 1.47. The molecular weight excluding hydrogens is 188 g/mol. The van der Waals surface area contributed by atoms with Crippen molar-refractivity contribution in [2.75, 3.05) is 0 Å². The molecule has 2 nitrogen and oxygen atoms in total. The van der Waals surface area contributed by atoms with E-state index >= 15 is 0 Å². The van der Waals surface area contributed by atoms with Crippen LogP contribution in [0.25, 0.3) is 10.8 Å². The summed E-state index contributed by atoms with van der Waals surface area (Å²) < 4.78 is 5.20. The summed E-state index contributed by atoms with van der Waals surface area (Å²) in [4.78, 5) is 0. The third-order valence-electron chi connectivity index (χ3n) is 2.19. The molecule has 2 rings (SSSR count). The smallest absolute Gasteiger partial charge is 0.249 e. The van der Waals surface area contributed by atoms with Crippen molar-refractivity contribution in [3.63, 3.8) is 0 Å². The number of hydrogen-bond acceptors (Lipinski definition) is 1. The van der Waals surface area contributed by atoms with Gasteiger partial charge in [0.15, 0.2) is 0 Å². The summed E-state index contributed by atoms with van der Waals surface area (Å²) in [6.07, 6.45) is 0.0257. The molecule has 0 aliphatic rings. The molecule has 1 unspecified atom stereocenters. The van der Waals surface area contributed by atoms with Crippen LogP contribution in [0.3, 0.4) is 0 Å². The topological polar surface area (TPSA) is 29.1 Å². The van der Waals surface area contributed by atoms with E-state index in [0.717, 1.165) is 10.8 Å². The molecule has 2 heteroatoms. The van der Waals surface area contributed by atoms with E-state index in [1.165, 1.54) is 6.08 Å². The van der Waals surface area contributed by atoms with E-state index < -0.39 is 6.29 Å². The lowest BCUT2D eigenvalue weighted by molar-refractivity contribution is -0.0308. The first-order valence-corrected chi connectivity index (χ1v) is 4.74. The summed E-state index contributed by atoms with van der Waals surface area (Å²) in [7, 11) is 0. The predicted octanol–water partition coefficient (Wildman–Crippen LogP) is 3.16. The molecule has 0 N–H and O–H groups in total. The molecule has 75 valence electrons. The lowest BCUT2D eigenvalue weighted by Crippen LogP contribution is -2.09. The van der Waals surface area contributed by atoms with Crippen molar-refractivity contribution in [3.8, 4) is 5.75 Å². The third kappa shape index (κ3) is 2.00. The van der Waals surface area contributed by atoms with Gasteiger partial charge in [0.25, 0.3) is 0 Å². The van der Waals surface area contributed by atoms with Gasteiger partial charge in [-0.2, -0.15) is 5.11 Å². The Bertz CT molecular complexity index is 471. The van der Waals surface area contributed by atoms with Crippen LogP contribution in [-0.2, 0) is 5.11 Å². The summed E-state index contributed by atoms with van der Waals surface area (Å²) in [5.74, 6) is 0.605. The first-order valence-electron chi connectivity index (χ1n) is 4.74. The van der Waals surface area contributed by atoms with Gasteiger partial charge in [-0.3, -0.25) is 0 Å². The van der Waals surface area contributed by atoms with E-state index in [-0.39, 0.29) is 0 Å². The van der Waals surface area contributed by atoms with Crippen LogP contribution in [0.15, 0.2) is 55.1 Å². The van der Waals surface area contributed by atoms with Gasteiger partial charge in [-0.05, 0) is 17.5 Å². The number of ether oxygens (including phenoxy) is 1. The maximum absolute atomic E-state index is 11.2. The van der Waals surface area contributed by atoms with Crippen LogP contribution in [0.1, 0.15) is 0 Å². The Kier molecular flexibility index (Phi) is 2.70. The van der Waals surface area contributed by atoms with Gasteiger partial charge in [-0.25, -0.2) is 0 Å². The highest BCUT2D eigenvalue weighted by Gasteiger charge is 2.05. The SMILES string of the molecule is C=CC([O])Oc1cccc2ccccc12. The summed E-state index contributed by atoms with van der Waals surface area (Å²) in [5.41, 5.74) is 0. The minimum Gasteiger partial charge on any atom is -0.458 e. The molecule has 2 aromatic rings. The largest absolute Gasteiger partial charge is 0.458 e. The van der Waals surface area contributed by atoms with Crippen molar-refractivity contribution in [1.29, 1.82) is 0 Å². The Morgan fingerprint density at radius 3 is 2.67 bits per heavy atom. The summed E-state index contributed by atoms with van der Waals surface area (Å²) in [6, 6.07) is 13.4. The summed E-state index contributed by atoms with van der Waals surface area (Å²) in [6.45, 7) is 3.40. The molecule has 0 amide bonds. The normalized spacial score (nSPS) is 12.3. The van der Waals surface area contributed by atoms with Crippen molar-refractivity contribution < 1.29 is 9.84 Å². The van der Waals surface area contributed by atoms with Crippen LogP contribution >= 0.6 is 0 Å². The molecule has 15 heavy (non-hydrogen) atoms. The standard InChI is InChI=1S/C13H11O2/c1-2-13(14)15-12-9-5-7-10-6-3-4-8-11(10)12/h2-9,13H,1H2. The first-order chi connectivity index (χ1) is 7.31. The maximum atomic E-state index is 11.2. The van der Waals surface area contributed by atoms with Crippen molar-refractivity contribution in [3.05, 3.63) is 55.1 Å². The zero-order chi connectivity index (χ0) is 10.7. The van der Waals surface area contributed by atoms with Crippen LogP contribution in [0.4, 0.5) is 0 Å². The minimum atomic E-state index is -1.21. The van der Waals surface area contributed by atoms with Gasteiger partial charge in [0.05, 0.1) is 0 Å². The Hall–Kier alpha value is -1.80. The van der Waals surface area contributed by atoms with E-state index in [4.69, 9.17) is 4.74 Å². The second-order valence-electron chi connectivity index (χ2n) is 3.20. The minimum absolute atomic E-state index is 0.605. The highest BCUT2D eigenvalue weighted by atomic mass is 16.6. The fourth-order valence-electron chi connectivity index (χ4n) is 1.47. The van der Waals surface area contributed by atoms with Gasteiger partial charge in [0.1, 0.15) is 5.75 Å². The van der Waals surface area contributed by atoms with Crippen molar-refractivity contribution >= 4 is 10.8 Å². The van der Waals surface area contributed by atoms with Crippen LogP contribution in [0, 0.1) is 0 Å². The highest BCUT2D eigenvalue weighted by Crippen LogP contribution is 2.25. The molecule has 0 aromatic heterocycles. The Morgan fingerprint density at radius 1 is 1.13 bits per heavy atom. The average Bonchev–Trinajstić information content (AvgIpc) is 2.29. The van der Waals surface area contributed by atoms with Gasteiger partial charge in [-0.1, -0.05) is 43.0 Å². The average molecular weight is 199 g/mol. The molecular formula is C13H11O2. The molecule has 0 fully saturated rings. The highest BCUT2D eigenvalue weighted by molar-refractivity contribution is 5.88. The molecule has 0 aliphatic carbocycles. The van der Waals surface area contributed by atoms with Gasteiger partial charge < -0.3 is 4.74 Å². The van der Waals surface area contributed by atoms with E-state index in [1.54, 1.807) is 6.07 Å². The van der Waals surface area contributed by atoms with Crippen LogP contribution in [0.5, 0.6) is 5.75 Å². The summed E-state index contributed by atoms with van der Waals surface area (Å²) >= 11 is 0. The Morgan fingerprint density at radius 2 is 1.87 bits per heavy atom. The van der Waals surface area contributed by atoms with Gasteiger partial charge in [0.2, 0.25) is 6.29 Å². The molecule has 0 saturated carbocycles. The molecule has 1 radical (unpaired) electrons. The van der Waals surface area contributed by atoms with Crippen molar-refractivity contribution in [2.45, 2.75) is 6.29 Å². The van der Waals surface area contributed by atoms with E-state index in [2.05, 4.69) is 6.58 Å². The van der Waals surface area contributed by atoms with Crippen LogP contribution in [0.2, 0.25) is 0 Å². The predicted molar refractivity (Wildman–Crippen MR) is 59.2 cm³/mol. The number of fused-ring (bicyclic) bond motifs is 1. The molecule has 0 spiro atoms. The monoisotopic (exact) mass is 199 g/mol. The van der Waals surface area contributed by atoms with Gasteiger partial charge in [0, 0.05) is 5.39 Å². The Labute approximate surface area is 88.4 Å². The van der Waals surface area contributed by atoms with Gasteiger partial charge in [-0.15, -0.1) is 0 Å². The molecule has 2 aromatic carbocycles. The zero-order valence-electron chi connectivity index (χ0n) is 8.22. The summed E-state index contributed by atoms with van der Waals surface area (Å²) in [5, 5.41) is 13.2.